The van der Waals surface area contributed by atoms with Crippen LogP contribution in [0.15, 0.2) is 24.3 Å². The Morgan fingerprint density at radius 3 is 2.47 bits per heavy atom. The van der Waals surface area contributed by atoms with E-state index >= 15 is 0 Å². The lowest BCUT2D eigenvalue weighted by atomic mass is 10.1. The van der Waals surface area contributed by atoms with Gasteiger partial charge in [0, 0.05) is 24.8 Å². The van der Waals surface area contributed by atoms with Crippen molar-refractivity contribution in [3.8, 4) is 0 Å². The van der Waals surface area contributed by atoms with Crippen molar-refractivity contribution < 1.29 is 0 Å². The summed E-state index contributed by atoms with van der Waals surface area (Å²) >= 11 is 0. The van der Waals surface area contributed by atoms with E-state index in [2.05, 4.69) is 41.4 Å². The van der Waals surface area contributed by atoms with Gasteiger partial charge in [-0.2, -0.15) is 0 Å². The Kier molecular flexibility index (Phi) is 5.67. The first-order chi connectivity index (χ1) is 9.28. The molecular formula is C16H27N3. The molecule has 0 aromatic heterocycles. The zero-order valence-corrected chi connectivity index (χ0v) is 12.1. The maximum atomic E-state index is 5.91. The molecule has 0 spiro atoms. The third-order valence-electron chi connectivity index (χ3n) is 3.90. The lowest BCUT2D eigenvalue weighted by Crippen LogP contribution is -2.29. The van der Waals surface area contributed by atoms with Crippen LogP contribution < -0.4 is 11.1 Å². The van der Waals surface area contributed by atoms with E-state index in [1.807, 2.05) is 0 Å². The van der Waals surface area contributed by atoms with E-state index in [1.165, 1.54) is 43.6 Å². The summed E-state index contributed by atoms with van der Waals surface area (Å²) in [6.45, 7) is 6.57. The molecule has 106 valence electrons. The zero-order chi connectivity index (χ0) is 13.5. The third kappa shape index (κ3) is 4.84. The highest BCUT2D eigenvalue weighted by Gasteiger charge is 2.10. The van der Waals surface area contributed by atoms with E-state index in [0.29, 0.717) is 0 Å². The predicted octanol–water partition coefficient (Wildman–Crippen LogP) is 2.82. The van der Waals surface area contributed by atoms with Crippen molar-refractivity contribution >= 4 is 5.69 Å². The number of piperidine rings is 1. The quantitative estimate of drug-likeness (QED) is 0.827. The van der Waals surface area contributed by atoms with E-state index in [1.54, 1.807) is 0 Å². The Labute approximate surface area is 117 Å². The van der Waals surface area contributed by atoms with Crippen LogP contribution in [0.3, 0.4) is 0 Å². The molecule has 3 heteroatoms. The minimum Gasteiger partial charge on any atom is -0.383 e. The molecule has 1 aromatic carbocycles. The summed E-state index contributed by atoms with van der Waals surface area (Å²) in [4.78, 5) is 2.55. The number of nitrogens with one attached hydrogen (secondary N) is 1. The third-order valence-corrected chi connectivity index (χ3v) is 3.90. The maximum absolute atomic E-state index is 5.91. The zero-order valence-electron chi connectivity index (χ0n) is 12.1. The van der Waals surface area contributed by atoms with Gasteiger partial charge in [-0.05, 0) is 50.0 Å². The maximum Gasteiger partial charge on any atom is 0.0340 e. The Morgan fingerprint density at radius 2 is 1.84 bits per heavy atom. The average molecular weight is 261 g/mol. The summed E-state index contributed by atoms with van der Waals surface area (Å²) in [6, 6.07) is 9.04. The molecule has 2 rings (SSSR count). The second-order valence-corrected chi connectivity index (χ2v) is 5.58. The van der Waals surface area contributed by atoms with Crippen molar-refractivity contribution in [3.63, 3.8) is 0 Å². The number of nitrogens with zero attached hydrogens (tertiary/aromatic N) is 1. The summed E-state index contributed by atoms with van der Waals surface area (Å²) in [5, 5.41) is 3.39. The first-order valence-electron chi connectivity index (χ1n) is 7.58. The Hall–Kier alpha value is -1.06. The molecule has 19 heavy (non-hydrogen) atoms. The van der Waals surface area contributed by atoms with Crippen LogP contribution in [0.5, 0.6) is 0 Å². The van der Waals surface area contributed by atoms with Crippen LogP contribution in [0.2, 0.25) is 0 Å². The molecule has 1 saturated heterocycles. The highest BCUT2D eigenvalue weighted by atomic mass is 15.1. The Bertz CT molecular complexity index is 355. The SMILES string of the molecule is CCC(N)CNc1ccc(CN2CCCCC2)cc1. The second kappa shape index (κ2) is 7.51. The molecule has 1 atom stereocenters. The van der Waals surface area contributed by atoms with Crippen molar-refractivity contribution in [2.45, 2.75) is 45.2 Å². The van der Waals surface area contributed by atoms with E-state index in [-0.39, 0.29) is 6.04 Å². The number of benzene rings is 1. The molecular weight excluding hydrogens is 234 g/mol. The van der Waals surface area contributed by atoms with Gasteiger partial charge in [0.05, 0.1) is 0 Å². The molecule has 0 aliphatic carbocycles. The lowest BCUT2D eigenvalue weighted by molar-refractivity contribution is 0.221. The van der Waals surface area contributed by atoms with Gasteiger partial charge in [-0.1, -0.05) is 25.5 Å². The van der Waals surface area contributed by atoms with Gasteiger partial charge in [0.2, 0.25) is 0 Å². The van der Waals surface area contributed by atoms with Crippen molar-refractivity contribution in [3.05, 3.63) is 29.8 Å². The Balaban J connectivity index is 1.80. The van der Waals surface area contributed by atoms with Gasteiger partial charge in [0.1, 0.15) is 0 Å². The van der Waals surface area contributed by atoms with Gasteiger partial charge in [-0.25, -0.2) is 0 Å². The summed E-state index contributed by atoms with van der Waals surface area (Å²) in [5.41, 5.74) is 8.49. The van der Waals surface area contributed by atoms with Gasteiger partial charge in [-0.3, -0.25) is 4.90 Å². The normalized spacial score (nSPS) is 18.2. The number of hydrogen-bond donors (Lipinski definition) is 2. The largest absolute Gasteiger partial charge is 0.383 e. The number of rotatable bonds is 6. The van der Waals surface area contributed by atoms with Gasteiger partial charge in [0.15, 0.2) is 0 Å². The summed E-state index contributed by atoms with van der Waals surface area (Å²) in [7, 11) is 0. The first kappa shape index (κ1) is 14.4. The van der Waals surface area contributed by atoms with Crippen molar-refractivity contribution in [2.75, 3.05) is 25.0 Å². The van der Waals surface area contributed by atoms with E-state index in [4.69, 9.17) is 5.73 Å². The lowest BCUT2D eigenvalue weighted by Gasteiger charge is -2.26. The first-order valence-corrected chi connectivity index (χ1v) is 7.58. The highest BCUT2D eigenvalue weighted by molar-refractivity contribution is 5.44. The number of anilines is 1. The molecule has 3 nitrogen and oxygen atoms in total. The number of nitrogens with two attached hydrogens (primary N) is 1. The van der Waals surface area contributed by atoms with Crippen LogP contribution in [0.4, 0.5) is 5.69 Å². The Morgan fingerprint density at radius 1 is 1.16 bits per heavy atom. The molecule has 1 unspecified atom stereocenters. The van der Waals surface area contributed by atoms with Crippen LogP contribution in [-0.4, -0.2) is 30.6 Å². The minimum absolute atomic E-state index is 0.244. The van der Waals surface area contributed by atoms with Crippen molar-refractivity contribution in [1.82, 2.24) is 4.90 Å². The van der Waals surface area contributed by atoms with Gasteiger partial charge >= 0.3 is 0 Å². The molecule has 3 N–H and O–H groups in total. The fourth-order valence-corrected chi connectivity index (χ4v) is 2.50. The molecule has 1 fully saturated rings. The molecule has 0 radical (unpaired) electrons. The number of likely N-dealkylation sites (tertiary alicyclic amines) is 1. The van der Waals surface area contributed by atoms with E-state index < -0.39 is 0 Å². The topological polar surface area (TPSA) is 41.3 Å². The van der Waals surface area contributed by atoms with Crippen LogP contribution in [0, 0.1) is 0 Å². The fourth-order valence-electron chi connectivity index (χ4n) is 2.50. The predicted molar refractivity (Wildman–Crippen MR) is 82.3 cm³/mol. The molecule has 1 heterocycles. The average Bonchev–Trinajstić information content (AvgIpc) is 2.47. The number of hydrogen-bond acceptors (Lipinski definition) is 3. The summed E-state index contributed by atoms with van der Waals surface area (Å²) in [5.74, 6) is 0. The fraction of sp³-hybridized carbons (Fsp3) is 0.625. The summed E-state index contributed by atoms with van der Waals surface area (Å²) in [6.07, 6.45) is 5.13. The summed E-state index contributed by atoms with van der Waals surface area (Å²) < 4.78 is 0. The molecule has 0 saturated carbocycles. The second-order valence-electron chi connectivity index (χ2n) is 5.58. The van der Waals surface area contributed by atoms with E-state index in [0.717, 1.165) is 19.5 Å². The van der Waals surface area contributed by atoms with Gasteiger partial charge in [0.25, 0.3) is 0 Å². The molecule has 0 amide bonds. The highest BCUT2D eigenvalue weighted by Crippen LogP contribution is 2.15. The monoisotopic (exact) mass is 261 g/mol. The van der Waals surface area contributed by atoms with Crippen LogP contribution in [-0.2, 0) is 6.54 Å². The minimum atomic E-state index is 0.244. The van der Waals surface area contributed by atoms with Crippen LogP contribution in [0.25, 0.3) is 0 Å². The van der Waals surface area contributed by atoms with Gasteiger partial charge in [-0.15, -0.1) is 0 Å². The van der Waals surface area contributed by atoms with Crippen LogP contribution >= 0.6 is 0 Å². The standard InChI is InChI=1S/C16H27N3/c1-2-15(17)12-18-16-8-6-14(7-9-16)13-19-10-4-3-5-11-19/h6-9,15,18H,2-5,10-13,17H2,1H3. The smallest absolute Gasteiger partial charge is 0.0340 e. The molecule has 0 bridgehead atoms. The van der Waals surface area contributed by atoms with Crippen molar-refractivity contribution in [2.24, 2.45) is 5.73 Å². The van der Waals surface area contributed by atoms with Crippen LogP contribution in [0.1, 0.15) is 38.2 Å². The van der Waals surface area contributed by atoms with E-state index in [9.17, 15) is 0 Å². The molecule has 1 aliphatic rings. The molecule has 1 aliphatic heterocycles. The molecule has 1 aromatic rings. The van der Waals surface area contributed by atoms with Crippen molar-refractivity contribution in [1.29, 1.82) is 0 Å². The van der Waals surface area contributed by atoms with Gasteiger partial charge < -0.3 is 11.1 Å².